The van der Waals surface area contributed by atoms with Crippen LogP contribution in [0.25, 0.3) is 0 Å². The lowest BCUT2D eigenvalue weighted by Gasteiger charge is -2.32. The fraction of sp³-hybridized carbons (Fsp3) is 0.417. The van der Waals surface area contributed by atoms with Gasteiger partial charge in [-0.25, -0.2) is 0 Å². The Morgan fingerprint density at radius 1 is 1.12 bits per heavy atom. The van der Waals surface area contributed by atoms with E-state index < -0.39 is 0 Å². The maximum absolute atomic E-state index is 12.1. The predicted octanol–water partition coefficient (Wildman–Crippen LogP) is 2.26. The highest BCUT2D eigenvalue weighted by Gasteiger charge is 2.19. The molecule has 3 nitrogen and oxygen atoms in total. The minimum absolute atomic E-state index is 0. The van der Waals surface area contributed by atoms with Gasteiger partial charge in [-0.05, 0) is 31.3 Å². The molecule has 0 aromatic heterocycles. The molecule has 0 saturated carbocycles. The lowest BCUT2D eigenvalue weighted by molar-refractivity contribution is 0.0664. The predicted molar refractivity (Wildman–Crippen MR) is 74.8 cm³/mol. The van der Waals surface area contributed by atoms with Crippen molar-refractivity contribution in [2.75, 3.05) is 33.2 Å². The lowest BCUT2D eigenvalue weighted by atomic mass is 10.2. The second-order valence-electron chi connectivity index (χ2n) is 4.10. The molecule has 0 spiro atoms. The Balaban J connectivity index is 0.00000144. The van der Waals surface area contributed by atoms with E-state index in [1.165, 1.54) is 0 Å². The Kier molecular flexibility index (Phi) is 5.43. The van der Waals surface area contributed by atoms with Crippen LogP contribution in [0.1, 0.15) is 10.4 Å². The van der Waals surface area contributed by atoms with Gasteiger partial charge in [-0.2, -0.15) is 0 Å². The fourth-order valence-electron chi connectivity index (χ4n) is 1.78. The topological polar surface area (TPSA) is 23.6 Å². The maximum Gasteiger partial charge on any atom is 0.253 e. The first-order valence-corrected chi connectivity index (χ1v) is 6.19. The Hall–Kier alpha value is -0.580. The smallest absolute Gasteiger partial charge is 0.253 e. The van der Waals surface area contributed by atoms with Crippen LogP contribution >= 0.6 is 28.3 Å². The van der Waals surface area contributed by atoms with E-state index in [1.54, 1.807) is 0 Å². The zero-order valence-corrected chi connectivity index (χ0v) is 12.1. The molecule has 1 aliphatic heterocycles. The average Bonchev–Trinajstić information content (AvgIpc) is 2.30. The van der Waals surface area contributed by atoms with Crippen molar-refractivity contribution in [3.8, 4) is 0 Å². The third kappa shape index (κ3) is 3.69. The van der Waals surface area contributed by atoms with Crippen molar-refractivity contribution >= 4 is 34.2 Å². The zero-order chi connectivity index (χ0) is 11.5. The lowest BCUT2D eigenvalue weighted by Crippen LogP contribution is -2.47. The number of hydrogen-bond donors (Lipinski definition) is 0. The summed E-state index contributed by atoms with van der Waals surface area (Å²) < 4.78 is 1.00. The van der Waals surface area contributed by atoms with Crippen molar-refractivity contribution in [1.82, 2.24) is 9.80 Å². The number of hydrogen-bond acceptors (Lipinski definition) is 2. The standard InChI is InChI=1S/C12H15BrN2O.ClH/c1-14-6-8-15(9-7-14)12(16)10-2-4-11(13)5-3-10;/h2-5H,6-9H2,1H3;1H. The SMILES string of the molecule is CN1CCN(C(=O)c2ccc(Br)cc2)CC1.Cl. The van der Waals surface area contributed by atoms with Crippen LogP contribution < -0.4 is 0 Å². The molecule has 0 bridgehead atoms. The van der Waals surface area contributed by atoms with Crippen molar-refractivity contribution in [2.45, 2.75) is 0 Å². The Morgan fingerprint density at radius 2 is 1.65 bits per heavy atom. The van der Waals surface area contributed by atoms with Crippen molar-refractivity contribution in [1.29, 1.82) is 0 Å². The summed E-state index contributed by atoms with van der Waals surface area (Å²) in [6, 6.07) is 7.54. The normalized spacial score (nSPS) is 16.5. The van der Waals surface area contributed by atoms with E-state index in [0.29, 0.717) is 0 Å². The molecule has 5 heteroatoms. The van der Waals surface area contributed by atoms with Gasteiger partial charge < -0.3 is 9.80 Å². The second kappa shape index (κ2) is 6.38. The van der Waals surface area contributed by atoms with Gasteiger partial charge in [0.15, 0.2) is 0 Å². The summed E-state index contributed by atoms with van der Waals surface area (Å²) >= 11 is 3.37. The number of halogens is 2. The summed E-state index contributed by atoms with van der Waals surface area (Å²) in [5.41, 5.74) is 0.771. The average molecular weight is 320 g/mol. The maximum atomic E-state index is 12.1. The Bertz CT molecular complexity index is 375. The first-order chi connectivity index (χ1) is 7.66. The van der Waals surface area contributed by atoms with E-state index in [4.69, 9.17) is 0 Å². The van der Waals surface area contributed by atoms with Gasteiger partial charge in [-0.1, -0.05) is 15.9 Å². The van der Waals surface area contributed by atoms with Crippen molar-refractivity contribution in [2.24, 2.45) is 0 Å². The molecule has 1 saturated heterocycles. The molecule has 2 rings (SSSR count). The van der Waals surface area contributed by atoms with E-state index in [1.807, 2.05) is 29.2 Å². The van der Waals surface area contributed by atoms with Crippen LogP contribution in [-0.2, 0) is 0 Å². The van der Waals surface area contributed by atoms with Crippen LogP contribution in [0, 0.1) is 0 Å². The molecule has 17 heavy (non-hydrogen) atoms. The number of piperazine rings is 1. The van der Waals surface area contributed by atoms with Gasteiger partial charge in [0.1, 0.15) is 0 Å². The summed E-state index contributed by atoms with van der Waals surface area (Å²) in [6.45, 7) is 3.57. The van der Waals surface area contributed by atoms with Crippen molar-refractivity contribution in [3.63, 3.8) is 0 Å². The van der Waals surface area contributed by atoms with Crippen molar-refractivity contribution < 1.29 is 4.79 Å². The summed E-state index contributed by atoms with van der Waals surface area (Å²) in [5, 5.41) is 0. The summed E-state index contributed by atoms with van der Waals surface area (Å²) in [6.07, 6.45) is 0. The fourth-order valence-corrected chi connectivity index (χ4v) is 2.05. The number of likely N-dealkylation sites (N-methyl/N-ethyl adjacent to an activating group) is 1. The monoisotopic (exact) mass is 318 g/mol. The number of nitrogens with zero attached hydrogens (tertiary/aromatic N) is 2. The highest BCUT2D eigenvalue weighted by Crippen LogP contribution is 2.13. The molecule has 0 aliphatic carbocycles. The first-order valence-electron chi connectivity index (χ1n) is 5.40. The van der Waals surface area contributed by atoms with Crippen LogP contribution in [0.5, 0.6) is 0 Å². The summed E-state index contributed by atoms with van der Waals surface area (Å²) in [5.74, 6) is 0.139. The van der Waals surface area contributed by atoms with E-state index in [2.05, 4.69) is 27.9 Å². The molecule has 1 heterocycles. The number of carbonyl (C=O) groups is 1. The van der Waals surface area contributed by atoms with Gasteiger partial charge in [0.05, 0.1) is 0 Å². The van der Waals surface area contributed by atoms with Crippen molar-refractivity contribution in [3.05, 3.63) is 34.3 Å². The van der Waals surface area contributed by atoms with Crippen LogP contribution in [0.2, 0.25) is 0 Å². The minimum atomic E-state index is 0. The quantitative estimate of drug-likeness (QED) is 0.793. The molecular formula is C12H16BrClN2O. The molecule has 94 valence electrons. The van der Waals surface area contributed by atoms with E-state index in [9.17, 15) is 4.79 Å². The second-order valence-corrected chi connectivity index (χ2v) is 5.02. The van der Waals surface area contributed by atoms with Gasteiger partial charge in [0.2, 0.25) is 0 Å². The molecule has 0 atom stereocenters. The highest BCUT2D eigenvalue weighted by atomic mass is 79.9. The minimum Gasteiger partial charge on any atom is -0.336 e. The third-order valence-electron chi connectivity index (χ3n) is 2.88. The van der Waals surface area contributed by atoms with Crippen LogP contribution in [-0.4, -0.2) is 48.9 Å². The number of rotatable bonds is 1. The van der Waals surface area contributed by atoms with Crippen LogP contribution in [0.15, 0.2) is 28.7 Å². The molecule has 1 amide bonds. The summed E-state index contributed by atoms with van der Waals surface area (Å²) in [7, 11) is 2.08. The van der Waals surface area contributed by atoms with E-state index >= 15 is 0 Å². The van der Waals surface area contributed by atoms with Gasteiger partial charge in [-0.3, -0.25) is 4.79 Å². The number of benzene rings is 1. The first kappa shape index (κ1) is 14.5. The van der Waals surface area contributed by atoms with Gasteiger partial charge in [0, 0.05) is 36.2 Å². The molecule has 1 aromatic carbocycles. The molecule has 0 unspecified atom stereocenters. The Labute approximate surface area is 116 Å². The van der Waals surface area contributed by atoms with E-state index in [-0.39, 0.29) is 18.3 Å². The van der Waals surface area contributed by atoms with E-state index in [0.717, 1.165) is 36.2 Å². The van der Waals surface area contributed by atoms with Gasteiger partial charge in [0.25, 0.3) is 5.91 Å². The van der Waals surface area contributed by atoms with Gasteiger partial charge >= 0.3 is 0 Å². The van der Waals surface area contributed by atoms with Gasteiger partial charge in [-0.15, -0.1) is 12.4 Å². The highest BCUT2D eigenvalue weighted by molar-refractivity contribution is 9.10. The number of carbonyl (C=O) groups excluding carboxylic acids is 1. The number of amides is 1. The molecule has 0 N–H and O–H groups in total. The molecular weight excluding hydrogens is 304 g/mol. The van der Waals surface area contributed by atoms with Crippen LogP contribution in [0.4, 0.5) is 0 Å². The molecule has 1 aliphatic rings. The zero-order valence-electron chi connectivity index (χ0n) is 9.73. The third-order valence-corrected chi connectivity index (χ3v) is 3.41. The van der Waals surface area contributed by atoms with Crippen LogP contribution in [0.3, 0.4) is 0 Å². The largest absolute Gasteiger partial charge is 0.336 e. The Morgan fingerprint density at radius 3 is 2.18 bits per heavy atom. The molecule has 1 aromatic rings. The molecule has 1 fully saturated rings. The summed E-state index contributed by atoms with van der Waals surface area (Å²) in [4.78, 5) is 16.3. The molecule has 0 radical (unpaired) electrons.